The predicted octanol–water partition coefficient (Wildman–Crippen LogP) is 2.33. The summed E-state index contributed by atoms with van der Waals surface area (Å²) in [6, 6.07) is 0. The molecule has 0 bridgehead atoms. The summed E-state index contributed by atoms with van der Waals surface area (Å²) in [6.45, 7) is 5.39. The van der Waals surface area contributed by atoms with E-state index in [0.29, 0.717) is 25.6 Å². The van der Waals surface area contributed by atoms with E-state index in [-0.39, 0.29) is 31.4 Å². The molecule has 0 heterocycles. The normalized spacial score (nSPS) is 10.5. The molecule has 112 valence electrons. The van der Waals surface area contributed by atoms with Crippen molar-refractivity contribution in [2.24, 2.45) is 5.92 Å². The average Bonchev–Trinajstić information content (AvgIpc) is 2.35. The van der Waals surface area contributed by atoms with Crippen molar-refractivity contribution in [3.63, 3.8) is 0 Å². The second kappa shape index (κ2) is 12.0. The summed E-state index contributed by atoms with van der Waals surface area (Å²) in [4.78, 5) is 22.5. The molecule has 0 N–H and O–H groups in total. The third-order valence-corrected chi connectivity index (χ3v) is 2.50. The van der Waals surface area contributed by atoms with Gasteiger partial charge in [0.05, 0.1) is 13.2 Å². The van der Waals surface area contributed by atoms with Crippen LogP contribution in [0.3, 0.4) is 0 Å². The van der Waals surface area contributed by atoms with Crippen molar-refractivity contribution in [3.8, 4) is 0 Å². The van der Waals surface area contributed by atoms with Crippen LogP contribution in [-0.2, 0) is 23.8 Å². The van der Waals surface area contributed by atoms with Gasteiger partial charge in [-0.3, -0.25) is 9.59 Å². The second-order valence-corrected chi connectivity index (χ2v) is 4.82. The summed E-state index contributed by atoms with van der Waals surface area (Å²) in [5.41, 5.74) is 0. The fourth-order valence-electron chi connectivity index (χ4n) is 1.44. The van der Waals surface area contributed by atoms with Gasteiger partial charge in [-0.25, -0.2) is 0 Å². The molecule has 0 aliphatic rings. The van der Waals surface area contributed by atoms with E-state index in [4.69, 9.17) is 14.2 Å². The summed E-state index contributed by atoms with van der Waals surface area (Å²) in [5.74, 6) is 0.0821. The van der Waals surface area contributed by atoms with Gasteiger partial charge in [0, 0.05) is 20.0 Å². The lowest BCUT2D eigenvalue weighted by molar-refractivity contribution is -0.146. The molecule has 19 heavy (non-hydrogen) atoms. The van der Waals surface area contributed by atoms with E-state index < -0.39 is 0 Å². The lowest BCUT2D eigenvalue weighted by Crippen LogP contribution is -2.11. The largest absolute Gasteiger partial charge is 0.466 e. The molecule has 5 heteroatoms. The third kappa shape index (κ3) is 13.1. The summed E-state index contributed by atoms with van der Waals surface area (Å²) < 4.78 is 14.7. The number of carbonyl (C=O) groups excluding carboxylic acids is 2. The quantitative estimate of drug-likeness (QED) is 0.427. The Balaban J connectivity index is 3.39. The van der Waals surface area contributed by atoms with Crippen LogP contribution in [0.1, 0.15) is 46.0 Å². The number of esters is 2. The molecule has 0 fully saturated rings. The van der Waals surface area contributed by atoms with Crippen LogP contribution in [-0.4, -0.2) is 38.9 Å². The Morgan fingerprint density at radius 3 is 2.00 bits per heavy atom. The van der Waals surface area contributed by atoms with E-state index in [9.17, 15) is 9.59 Å². The molecule has 0 spiro atoms. The lowest BCUT2D eigenvalue weighted by Gasteiger charge is -2.06. The first kappa shape index (κ1) is 17.9. The molecule has 0 aromatic rings. The zero-order valence-corrected chi connectivity index (χ0v) is 12.3. The van der Waals surface area contributed by atoms with Gasteiger partial charge >= 0.3 is 11.9 Å². The minimum atomic E-state index is -0.301. The van der Waals surface area contributed by atoms with Crippen LogP contribution in [0.25, 0.3) is 0 Å². The highest BCUT2D eigenvalue weighted by atomic mass is 16.6. The molecule has 0 radical (unpaired) electrons. The van der Waals surface area contributed by atoms with Crippen molar-refractivity contribution < 1.29 is 23.8 Å². The van der Waals surface area contributed by atoms with Gasteiger partial charge in [0.1, 0.15) is 6.61 Å². The summed E-state index contributed by atoms with van der Waals surface area (Å²) in [5, 5.41) is 0. The molecule has 0 saturated heterocycles. The fraction of sp³-hybridized carbons (Fsp3) is 0.857. The van der Waals surface area contributed by atoms with Crippen LogP contribution in [0, 0.1) is 5.92 Å². The molecule has 5 nitrogen and oxygen atoms in total. The van der Waals surface area contributed by atoms with Gasteiger partial charge in [-0.2, -0.15) is 0 Å². The van der Waals surface area contributed by atoms with E-state index >= 15 is 0 Å². The minimum Gasteiger partial charge on any atom is -0.466 e. The summed E-state index contributed by atoms with van der Waals surface area (Å²) >= 11 is 0. The smallest absolute Gasteiger partial charge is 0.305 e. The molecule has 0 rings (SSSR count). The predicted molar refractivity (Wildman–Crippen MR) is 71.7 cm³/mol. The van der Waals surface area contributed by atoms with Crippen molar-refractivity contribution in [3.05, 3.63) is 0 Å². The molecule has 0 aromatic heterocycles. The molecule has 0 saturated carbocycles. The maximum absolute atomic E-state index is 11.3. The van der Waals surface area contributed by atoms with Gasteiger partial charge in [0.25, 0.3) is 0 Å². The number of rotatable bonds is 11. The Bertz CT molecular complexity index is 250. The first-order valence-electron chi connectivity index (χ1n) is 6.86. The Kier molecular flexibility index (Phi) is 11.3. The SMILES string of the molecule is COCCOC(=O)CCCC(=O)OCCCC(C)C. The summed E-state index contributed by atoms with van der Waals surface area (Å²) in [7, 11) is 1.54. The number of methoxy groups -OCH3 is 1. The summed E-state index contributed by atoms with van der Waals surface area (Å²) in [6.07, 6.45) is 2.92. The van der Waals surface area contributed by atoms with Crippen LogP contribution < -0.4 is 0 Å². The Hall–Kier alpha value is -1.10. The van der Waals surface area contributed by atoms with E-state index in [2.05, 4.69) is 13.8 Å². The Morgan fingerprint density at radius 2 is 1.47 bits per heavy atom. The number of carbonyl (C=O) groups is 2. The van der Waals surface area contributed by atoms with E-state index in [1.807, 2.05) is 0 Å². The zero-order chi connectivity index (χ0) is 14.5. The van der Waals surface area contributed by atoms with Gasteiger partial charge in [0.2, 0.25) is 0 Å². The van der Waals surface area contributed by atoms with Crippen LogP contribution in [0.2, 0.25) is 0 Å². The topological polar surface area (TPSA) is 61.8 Å². The highest BCUT2D eigenvalue weighted by Crippen LogP contribution is 2.05. The van der Waals surface area contributed by atoms with Crippen molar-refractivity contribution in [1.29, 1.82) is 0 Å². The van der Waals surface area contributed by atoms with Gasteiger partial charge in [0.15, 0.2) is 0 Å². The second-order valence-electron chi connectivity index (χ2n) is 4.82. The van der Waals surface area contributed by atoms with E-state index in [0.717, 1.165) is 12.8 Å². The maximum Gasteiger partial charge on any atom is 0.305 e. The number of hydrogen-bond donors (Lipinski definition) is 0. The molecule has 0 atom stereocenters. The van der Waals surface area contributed by atoms with Crippen molar-refractivity contribution in [2.75, 3.05) is 26.9 Å². The standard InChI is InChI=1S/C14H26O5/c1-12(2)6-5-9-18-13(15)7-4-8-14(16)19-11-10-17-3/h12H,4-11H2,1-3H3. The average molecular weight is 274 g/mol. The van der Waals surface area contributed by atoms with Crippen LogP contribution in [0.4, 0.5) is 0 Å². The monoisotopic (exact) mass is 274 g/mol. The van der Waals surface area contributed by atoms with E-state index in [1.165, 1.54) is 0 Å². The molecule has 0 aliphatic heterocycles. The molecule has 0 aliphatic carbocycles. The van der Waals surface area contributed by atoms with E-state index in [1.54, 1.807) is 7.11 Å². The Morgan fingerprint density at radius 1 is 0.895 bits per heavy atom. The first-order chi connectivity index (χ1) is 9.06. The third-order valence-electron chi connectivity index (χ3n) is 2.50. The number of hydrogen-bond acceptors (Lipinski definition) is 5. The van der Waals surface area contributed by atoms with Crippen LogP contribution >= 0.6 is 0 Å². The van der Waals surface area contributed by atoms with Crippen molar-refractivity contribution in [1.82, 2.24) is 0 Å². The number of ether oxygens (including phenoxy) is 3. The fourth-order valence-corrected chi connectivity index (χ4v) is 1.44. The van der Waals surface area contributed by atoms with Gasteiger partial charge in [-0.15, -0.1) is 0 Å². The lowest BCUT2D eigenvalue weighted by atomic mass is 10.1. The highest BCUT2D eigenvalue weighted by Gasteiger charge is 2.07. The Labute approximate surface area is 115 Å². The highest BCUT2D eigenvalue weighted by molar-refractivity contribution is 5.72. The van der Waals surface area contributed by atoms with Crippen LogP contribution in [0.5, 0.6) is 0 Å². The van der Waals surface area contributed by atoms with Crippen LogP contribution in [0.15, 0.2) is 0 Å². The first-order valence-corrected chi connectivity index (χ1v) is 6.86. The molecule has 0 amide bonds. The van der Waals surface area contributed by atoms with Gasteiger partial charge in [-0.05, 0) is 25.2 Å². The molecule has 0 aromatic carbocycles. The molecule has 0 unspecified atom stereocenters. The maximum atomic E-state index is 11.3. The van der Waals surface area contributed by atoms with Gasteiger partial charge in [-0.1, -0.05) is 13.8 Å². The molecular formula is C14H26O5. The zero-order valence-electron chi connectivity index (χ0n) is 12.3. The van der Waals surface area contributed by atoms with Gasteiger partial charge < -0.3 is 14.2 Å². The minimum absolute atomic E-state index is 0.241. The van der Waals surface area contributed by atoms with Crippen molar-refractivity contribution in [2.45, 2.75) is 46.0 Å². The molecular weight excluding hydrogens is 248 g/mol. The van der Waals surface area contributed by atoms with Crippen molar-refractivity contribution >= 4 is 11.9 Å².